The fourth-order valence-electron chi connectivity index (χ4n) is 3.62. The summed E-state index contributed by atoms with van der Waals surface area (Å²) < 4.78 is 10.7. The van der Waals surface area contributed by atoms with Crippen molar-refractivity contribution < 1.29 is 34.1 Å². The minimum absolute atomic E-state index is 0.0569. The van der Waals surface area contributed by atoms with Gasteiger partial charge in [0.1, 0.15) is 5.76 Å². The molecule has 8 heteroatoms. The zero-order valence-corrected chi connectivity index (χ0v) is 16.1. The van der Waals surface area contributed by atoms with Crippen molar-refractivity contribution in [3.05, 3.63) is 64.7 Å². The average molecular weight is 409 g/mol. The third-order valence-electron chi connectivity index (χ3n) is 5.14. The van der Waals surface area contributed by atoms with E-state index in [4.69, 9.17) is 14.6 Å². The molecule has 2 N–H and O–H groups in total. The normalized spacial score (nSPS) is 19.4. The smallest absolute Gasteiger partial charge is 0.305 e. The Morgan fingerprint density at radius 3 is 2.47 bits per heavy atom. The largest absolute Gasteiger partial charge is 0.507 e. The van der Waals surface area contributed by atoms with Gasteiger partial charge in [-0.3, -0.25) is 14.4 Å². The maximum atomic E-state index is 12.8. The van der Waals surface area contributed by atoms with Crippen LogP contribution in [0, 0.1) is 6.92 Å². The number of fused-ring (bicyclic) bond motifs is 1. The van der Waals surface area contributed by atoms with Crippen LogP contribution in [-0.4, -0.2) is 46.1 Å². The highest BCUT2D eigenvalue weighted by molar-refractivity contribution is 6.46. The number of Topliss-reactive ketones (excluding diaryl/α,β-unsaturated/α-hetero) is 1. The molecule has 0 spiro atoms. The molecule has 4 rings (SSSR count). The summed E-state index contributed by atoms with van der Waals surface area (Å²) in [5.74, 6) is -2.14. The summed E-state index contributed by atoms with van der Waals surface area (Å²) in [4.78, 5) is 37.8. The van der Waals surface area contributed by atoms with E-state index in [1.807, 2.05) is 6.92 Å². The van der Waals surface area contributed by atoms with E-state index in [0.29, 0.717) is 22.6 Å². The van der Waals surface area contributed by atoms with E-state index in [1.54, 1.807) is 42.5 Å². The molecule has 2 aromatic rings. The fraction of sp³-hybridized carbons (Fsp3) is 0.227. The number of hydrogen-bond acceptors (Lipinski definition) is 6. The van der Waals surface area contributed by atoms with Gasteiger partial charge >= 0.3 is 5.97 Å². The fourth-order valence-corrected chi connectivity index (χ4v) is 3.62. The number of likely N-dealkylation sites (tertiary alicyclic amines) is 1. The number of aliphatic hydroxyl groups is 1. The lowest BCUT2D eigenvalue weighted by atomic mass is 9.94. The summed E-state index contributed by atoms with van der Waals surface area (Å²) in [5, 5.41) is 20.0. The number of carboxylic acids is 1. The lowest BCUT2D eigenvalue weighted by Crippen LogP contribution is -2.31. The van der Waals surface area contributed by atoms with E-state index < -0.39 is 23.7 Å². The molecule has 30 heavy (non-hydrogen) atoms. The molecule has 2 aliphatic heterocycles. The molecule has 0 aliphatic carbocycles. The third kappa shape index (κ3) is 3.36. The number of carbonyl (C=O) groups excluding carboxylic acids is 2. The molecule has 0 saturated carbocycles. The van der Waals surface area contributed by atoms with Crippen molar-refractivity contribution in [1.29, 1.82) is 0 Å². The first-order valence-corrected chi connectivity index (χ1v) is 9.33. The van der Waals surface area contributed by atoms with Gasteiger partial charge in [0.15, 0.2) is 11.5 Å². The van der Waals surface area contributed by atoms with Crippen LogP contribution in [0.15, 0.2) is 48.0 Å². The molecule has 0 radical (unpaired) electrons. The topological polar surface area (TPSA) is 113 Å². The Kier molecular flexibility index (Phi) is 4.91. The van der Waals surface area contributed by atoms with Crippen molar-refractivity contribution in [3.63, 3.8) is 0 Å². The molecular formula is C22H19NO7. The summed E-state index contributed by atoms with van der Waals surface area (Å²) in [5.41, 5.74) is 1.79. The number of aryl methyl sites for hydroxylation is 1. The Morgan fingerprint density at radius 2 is 1.77 bits per heavy atom. The lowest BCUT2D eigenvalue weighted by molar-refractivity contribution is -0.142. The van der Waals surface area contributed by atoms with Crippen molar-refractivity contribution in [2.75, 3.05) is 13.3 Å². The molecule has 154 valence electrons. The minimum atomic E-state index is -1.10. The first-order valence-electron chi connectivity index (χ1n) is 9.33. The maximum absolute atomic E-state index is 12.8. The molecule has 1 fully saturated rings. The zero-order valence-electron chi connectivity index (χ0n) is 16.1. The van der Waals surface area contributed by atoms with Crippen molar-refractivity contribution in [2.24, 2.45) is 0 Å². The number of amides is 1. The monoisotopic (exact) mass is 409 g/mol. The number of ketones is 1. The Labute approximate surface area is 171 Å². The molecule has 0 aromatic heterocycles. The van der Waals surface area contributed by atoms with Crippen LogP contribution in [0.2, 0.25) is 0 Å². The molecule has 2 aromatic carbocycles. The summed E-state index contributed by atoms with van der Waals surface area (Å²) in [7, 11) is 0. The molecule has 2 aliphatic rings. The first-order chi connectivity index (χ1) is 14.4. The van der Waals surface area contributed by atoms with Crippen LogP contribution in [0.25, 0.3) is 5.76 Å². The van der Waals surface area contributed by atoms with Gasteiger partial charge in [0, 0.05) is 12.1 Å². The summed E-state index contributed by atoms with van der Waals surface area (Å²) in [6.07, 6.45) is -0.335. The first kappa shape index (κ1) is 19.5. The Bertz CT molecular complexity index is 1070. The predicted molar refractivity (Wildman–Crippen MR) is 105 cm³/mol. The van der Waals surface area contributed by atoms with E-state index >= 15 is 0 Å². The summed E-state index contributed by atoms with van der Waals surface area (Å²) in [6, 6.07) is 10.9. The highest BCUT2D eigenvalue weighted by atomic mass is 16.7. The van der Waals surface area contributed by atoms with Crippen LogP contribution in [0.4, 0.5) is 0 Å². The maximum Gasteiger partial charge on any atom is 0.305 e. The van der Waals surface area contributed by atoms with Crippen LogP contribution >= 0.6 is 0 Å². The molecule has 1 amide bonds. The molecule has 2 heterocycles. The molecule has 1 unspecified atom stereocenters. The van der Waals surface area contributed by atoms with E-state index in [-0.39, 0.29) is 31.1 Å². The number of carboxylic acid groups (broad SMARTS) is 1. The number of rotatable bonds is 5. The number of ether oxygens (including phenoxy) is 2. The van der Waals surface area contributed by atoms with Gasteiger partial charge in [-0.25, -0.2) is 0 Å². The van der Waals surface area contributed by atoms with Crippen molar-refractivity contribution >= 4 is 23.4 Å². The van der Waals surface area contributed by atoms with Gasteiger partial charge < -0.3 is 24.6 Å². The van der Waals surface area contributed by atoms with Gasteiger partial charge in [0.05, 0.1) is 18.0 Å². The SMILES string of the molecule is Cc1ccc(C(O)=C2C(=O)C(=O)N(CCC(=O)O)C2c2ccc3c(c2)OCO3)cc1. The molecule has 0 bridgehead atoms. The molecule has 8 nitrogen and oxygen atoms in total. The Hall–Kier alpha value is -3.81. The van der Waals surface area contributed by atoms with Crippen molar-refractivity contribution in [3.8, 4) is 11.5 Å². The second-order valence-corrected chi connectivity index (χ2v) is 7.11. The third-order valence-corrected chi connectivity index (χ3v) is 5.14. The second kappa shape index (κ2) is 7.55. The summed E-state index contributed by atoms with van der Waals surface area (Å²) >= 11 is 0. The van der Waals surface area contributed by atoms with Gasteiger partial charge in [0.2, 0.25) is 6.79 Å². The van der Waals surface area contributed by atoms with E-state index in [0.717, 1.165) is 5.56 Å². The molecule has 1 saturated heterocycles. The lowest BCUT2D eigenvalue weighted by Gasteiger charge is -2.25. The Morgan fingerprint density at radius 1 is 1.07 bits per heavy atom. The van der Waals surface area contributed by atoms with Crippen LogP contribution in [-0.2, 0) is 14.4 Å². The number of benzene rings is 2. The van der Waals surface area contributed by atoms with Crippen LogP contribution in [0.3, 0.4) is 0 Å². The van der Waals surface area contributed by atoms with Crippen molar-refractivity contribution in [2.45, 2.75) is 19.4 Å². The van der Waals surface area contributed by atoms with Gasteiger partial charge in [-0.2, -0.15) is 0 Å². The quantitative estimate of drug-likeness (QED) is 0.443. The predicted octanol–water partition coefficient (Wildman–Crippen LogP) is 2.62. The number of carbonyl (C=O) groups is 3. The van der Waals surface area contributed by atoms with E-state index in [9.17, 15) is 19.5 Å². The van der Waals surface area contributed by atoms with E-state index in [2.05, 4.69) is 0 Å². The van der Waals surface area contributed by atoms with Crippen molar-refractivity contribution in [1.82, 2.24) is 4.90 Å². The number of aliphatic carboxylic acids is 1. The van der Waals surface area contributed by atoms with Gasteiger partial charge in [0.25, 0.3) is 11.7 Å². The van der Waals surface area contributed by atoms with Crippen LogP contribution in [0.5, 0.6) is 11.5 Å². The molecular weight excluding hydrogens is 390 g/mol. The standard InChI is InChI=1S/C22H19NO7/c1-12-2-4-13(5-3-12)20(26)18-19(14-6-7-15-16(10-14)30-11-29-15)23(9-8-17(24)25)22(28)21(18)27/h2-7,10,19,26H,8-9,11H2,1H3,(H,24,25). The highest BCUT2D eigenvalue weighted by Gasteiger charge is 2.46. The number of aliphatic hydroxyl groups excluding tert-OH is 1. The Balaban J connectivity index is 1.84. The summed E-state index contributed by atoms with van der Waals surface area (Å²) in [6.45, 7) is 1.77. The molecule has 1 atom stereocenters. The number of nitrogens with zero attached hydrogens (tertiary/aromatic N) is 1. The number of hydrogen-bond donors (Lipinski definition) is 2. The minimum Gasteiger partial charge on any atom is -0.507 e. The zero-order chi connectivity index (χ0) is 21.4. The van der Waals surface area contributed by atoms with E-state index in [1.165, 1.54) is 4.90 Å². The average Bonchev–Trinajstić information content (AvgIpc) is 3.29. The van der Waals surface area contributed by atoms with Crippen LogP contribution in [0.1, 0.15) is 29.2 Å². The highest BCUT2D eigenvalue weighted by Crippen LogP contribution is 2.43. The van der Waals surface area contributed by atoms with Gasteiger partial charge in [-0.1, -0.05) is 35.9 Å². The van der Waals surface area contributed by atoms with Gasteiger partial charge in [-0.05, 0) is 24.6 Å². The van der Waals surface area contributed by atoms with Crippen LogP contribution < -0.4 is 9.47 Å². The second-order valence-electron chi connectivity index (χ2n) is 7.11. The van der Waals surface area contributed by atoms with Gasteiger partial charge in [-0.15, -0.1) is 0 Å².